The topological polar surface area (TPSA) is 86.2 Å². The molecule has 0 aromatic heterocycles. The normalized spacial score (nSPS) is 18.8. The molecule has 0 aliphatic carbocycles. The van der Waals surface area contributed by atoms with Gasteiger partial charge in [0.15, 0.2) is 0 Å². The van der Waals surface area contributed by atoms with E-state index in [0.29, 0.717) is 13.0 Å². The Hall–Kier alpha value is -2.56. The molecule has 1 aliphatic heterocycles. The maximum atomic E-state index is 14.6. The third-order valence-corrected chi connectivity index (χ3v) is 5.86. The molecule has 1 unspecified atom stereocenters. The maximum absolute atomic E-state index is 14.6. The van der Waals surface area contributed by atoms with Crippen LogP contribution in [0, 0.1) is 5.41 Å². The first kappa shape index (κ1) is 29.7. The van der Waals surface area contributed by atoms with Gasteiger partial charge in [-0.2, -0.15) is 13.2 Å². The Morgan fingerprint density at radius 3 is 2.36 bits per heavy atom. The van der Waals surface area contributed by atoms with Crippen LogP contribution in [0.2, 0.25) is 0 Å². The van der Waals surface area contributed by atoms with E-state index in [9.17, 15) is 22.4 Å². The van der Waals surface area contributed by atoms with Crippen molar-refractivity contribution in [2.24, 2.45) is 0 Å². The molecule has 0 amide bonds. The molecule has 6 nitrogen and oxygen atoms in total. The van der Waals surface area contributed by atoms with E-state index in [4.69, 9.17) is 33.3 Å². The van der Waals surface area contributed by atoms with Gasteiger partial charge in [-0.05, 0) is 51.9 Å². The summed E-state index contributed by atoms with van der Waals surface area (Å²) in [4.78, 5) is 12.2. The Balaban J connectivity index is 2.51. The molecule has 1 atom stereocenters. The highest BCUT2D eigenvalue weighted by Crippen LogP contribution is 2.40. The summed E-state index contributed by atoms with van der Waals surface area (Å²) in [5.74, 6) is -1.55. The molecule has 36 heavy (non-hydrogen) atoms. The Bertz CT molecular complexity index is 1090. The van der Waals surface area contributed by atoms with Gasteiger partial charge in [0.25, 0.3) is 0 Å². The van der Waals surface area contributed by atoms with Crippen LogP contribution in [0.4, 0.5) is 28.9 Å². The molecule has 0 saturated carbocycles. The van der Waals surface area contributed by atoms with Crippen molar-refractivity contribution in [3.8, 4) is 0 Å². The number of nitrogens with one attached hydrogen (secondary N) is 4. The van der Waals surface area contributed by atoms with Crippen LogP contribution in [0.1, 0.15) is 32.8 Å². The van der Waals surface area contributed by atoms with Gasteiger partial charge in [-0.15, -0.1) is 0 Å². The number of carbonyl (C=O) groups is 1. The van der Waals surface area contributed by atoms with Crippen molar-refractivity contribution in [1.82, 2.24) is 5.32 Å². The van der Waals surface area contributed by atoms with Crippen LogP contribution in [-0.2, 0) is 9.53 Å². The molecule has 0 bridgehead atoms. The average Bonchev–Trinajstić information content (AvgIpc) is 3.18. The van der Waals surface area contributed by atoms with Gasteiger partial charge in [-0.1, -0.05) is 36.4 Å². The molecule has 2 rings (SSSR count). The lowest BCUT2D eigenvalue weighted by Crippen LogP contribution is -2.43. The van der Waals surface area contributed by atoms with Crippen LogP contribution in [-0.4, -0.2) is 48.6 Å². The summed E-state index contributed by atoms with van der Waals surface area (Å²) in [5.41, 5.74) is -3.94. The molecule has 198 valence electrons. The lowest BCUT2D eigenvalue weighted by atomic mass is 9.86. The number of carbonyl (C=O) groups excluding carboxylic acids is 1. The van der Waals surface area contributed by atoms with E-state index in [-0.39, 0.29) is 33.6 Å². The molecule has 1 fully saturated rings. The van der Waals surface area contributed by atoms with Crippen LogP contribution in [0.3, 0.4) is 0 Å². The Labute approximate surface area is 217 Å². The summed E-state index contributed by atoms with van der Waals surface area (Å²) in [6.45, 7) is 12.1. The summed E-state index contributed by atoms with van der Waals surface area (Å²) < 4.78 is 59.7. The highest BCUT2D eigenvalue weighted by Gasteiger charge is 2.42. The van der Waals surface area contributed by atoms with Gasteiger partial charge >= 0.3 is 12.1 Å². The zero-order valence-corrected chi connectivity index (χ0v) is 21.6. The summed E-state index contributed by atoms with van der Waals surface area (Å²) in [6.07, 6.45) is -4.59. The summed E-state index contributed by atoms with van der Waals surface area (Å²) in [7, 11) is 0. The van der Waals surface area contributed by atoms with E-state index in [1.807, 2.05) is 0 Å². The van der Waals surface area contributed by atoms with Gasteiger partial charge in [0, 0.05) is 29.1 Å². The minimum absolute atomic E-state index is 0.0375. The number of ether oxygens (including phenoxy) is 1. The zero-order chi connectivity index (χ0) is 27.5. The number of allylic oxidation sites excluding steroid dienone is 2. The molecule has 1 saturated heterocycles. The fourth-order valence-corrected chi connectivity index (χ4v) is 4.14. The lowest BCUT2D eigenvalue weighted by molar-refractivity contribution is -0.152. The third kappa shape index (κ3) is 7.47. The summed E-state index contributed by atoms with van der Waals surface area (Å²) in [5, 5.41) is 16.2. The fourth-order valence-electron chi connectivity index (χ4n) is 3.76. The minimum atomic E-state index is -4.93. The Morgan fingerprint density at radius 1 is 1.25 bits per heavy atom. The Morgan fingerprint density at radius 2 is 1.89 bits per heavy atom. The molecular formula is C24H28Cl2F4N4O2. The molecular weight excluding hydrogens is 523 g/mol. The van der Waals surface area contributed by atoms with E-state index < -0.39 is 46.9 Å². The number of halogens is 6. The lowest BCUT2D eigenvalue weighted by Gasteiger charge is -2.34. The molecule has 4 N–H and O–H groups in total. The molecule has 1 aromatic rings. The van der Waals surface area contributed by atoms with Gasteiger partial charge in [-0.3, -0.25) is 10.2 Å². The molecule has 12 heteroatoms. The van der Waals surface area contributed by atoms with E-state index in [1.54, 1.807) is 20.8 Å². The number of esters is 1. The predicted molar refractivity (Wildman–Crippen MR) is 136 cm³/mol. The second kappa shape index (κ2) is 11.2. The first-order chi connectivity index (χ1) is 16.5. The monoisotopic (exact) mass is 550 g/mol. The highest BCUT2D eigenvalue weighted by molar-refractivity contribution is 6.44. The second-order valence-electron chi connectivity index (χ2n) is 9.21. The van der Waals surface area contributed by atoms with Gasteiger partial charge in [0.2, 0.25) is 0 Å². The van der Waals surface area contributed by atoms with E-state index in [0.717, 1.165) is 6.07 Å². The minimum Gasteiger partial charge on any atom is -0.459 e. The van der Waals surface area contributed by atoms with Crippen LogP contribution in [0.25, 0.3) is 0 Å². The van der Waals surface area contributed by atoms with Crippen LogP contribution >= 0.6 is 23.2 Å². The van der Waals surface area contributed by atoms with Crippen LogP contribution < -0.4 is 16.0 Å². The van der Waals surface area contributed by atoms with E-state index in [2.05, 4.69) is 29.1 Å². The predicted octanol–water partition coefficient (Wildman–Crippen LogP) is 6.24. The van der Waals surface area contributed by atoms with Gasteiger partial charge in [-0.25, -0.2) is 4.39 Å². The first-order valence-electron chi connectivity index (χ1n) is 10.8. The van der Waals surface area contributed by atoms with Crippen LogP contribution in [0.15, 0.2) is 52.8 Å². The van der Waals surface area contributed by atoms with E-state index >= 15 is 0 Å². The second-order valence-corrected chi connectivity index (χ2v) is 10.0. The van der Waals surface area contributed by atoms with Crippen molar-refractivity contribution in [3.63, 3.8) is 0 Å². The van der Waals surface area contributed by atoms with Crippen LogP contribution in [0.5, 0.6) is 0 Å². The van der Waals surface area contributed by atoms with Crippen molar-refractivity contribution in [2.45, 2.75) is 44.5 Å². The van der Waals surface area contributed by atoms with Crippen molar-refractivity contribution >= 4 is 46.3 Å². The molecule has 1 aliphatic rings. The smallest absolute Gasteiger partial charge is 0.433 e. The van der Waals surface area contributed by atoms with Crippen molar-refractivity contribution < 1.29 is 27.1 Å². The molecule has 0 radical (unpaired) electrons. The third-order valence-electron chi connectivity index (χ3n) is 5.16. The number of hydrogen-bond acceptors (Lipinski definition) is 6. The van der Waals surface area contributed by atoms with Crippen molar-refractivity contribution in [1.29, 1.82) is 5.41 Å². The van der Waals surface area contributed by atoms with Crippen molar-refractivity contribution in [3.05, 3.63) is 58.4 Å². The van der Waals surface area contributed by atoms with Gasteiger partial charge in [0.1, 0.15) is 23.7 Å². The molecule has 1 heterocycles. The number of benzene rings is 1. The Kier molecular flexibility index (Phi) is 9.25. The van der Waals surface area contributed by atoms with Gasteiger partial charge < -0.3 is 20.7 Å². The fraction of sp³-hybridized carbons (Fsp3) is 0.417. The number of rotatable bonds is 9. The number of anilines is 2. The standard InChI is InChI=1S/C24H28Cl2F4N4O2/c1-13(25)20(26)19(14(2)27)23(8-9-32-12-23)34-15-6-7-16(21(31)24(28,29)30)17(10-15)33-11-18(35)36-22(3,4)5/h6-7,10,31-34H,1-2,8-9,11-12H2,3-5H3/b20-19-,31-21?. The van der Waals surface area contributed by atoms with Gasteiger partial charge in [0.05, 0.1) is 15.6 Å². The first-order valence-corrected chi connectivity index (χ1v) is 11.6. The zero-order valence-electron chi connectivity index (χ0n) is 20.1. The van der Waals surface area contributed by atoms with Crippen molar-refractivity contribution in [2.75, 3.05) is 30.3 Å². The summed E-state index contributed by atoms with van der Waals surface area (Å²) >= 11 is 12.2. The number of hydrogen-bond donors (Lipinski definition) is 4. The maximum Gasteiger partial charge on any atom is 0.433 e. The molecule has 0 spiro atoms. The summed E-state index contributed by atoms with van der Waals surface area (Å²) in [6, 6.07) is 3.69. The SMILES string of the molecule is C=C(Cl)/C(Cl)=C(\C(=C)F)C1(Nc2ccc(C(=N)C(F)(F)F)c(NCC(=O)OC(C)(C)C)c2)CCNC1. The number of alkyl halides is 3. The largest absolute Gasteiger partial charge is 0.459 e. The quantitative estimate of drug-likeness (QED) is 0.126. The van der Waals surface area contributed by atoms with E-state index in [1.165, 1.54) is 12.1 Å². The molecule has 1 aromatic carbocycles. The highest BCUT2D eigenvalue weighted by atomic mass is 35.5. The average molecular weight is 551 g/mol.